The molecule has 1 aromatic rings. The van der Waals surface area contributed by atoms with E-state index < -0.39 is 5.97 Å². The van der Waals surface area contributed by atoms with Gasteiger partial charge in [-0.1, -0.05) is 45.6 Å². The fraction of sp³-hybridized carbons (Fsp3) is 0.565. The predicted molar refractivity (Wildman–Crippen MR) is 108 cm³/mol. The van der Waals surface area contributed by atoms with E-state index in [2.05, 4.69) is 33.0 Å². The highest BCUT2D eigenvalue weighted by Gasteiger charge is 2.44. The minimum absolute atomic E-state index is 0.0888. The zero-order valence-corrected chi connectivity index (χ0v) is 16.9. The molecule has 1 aliphatic carbocycles. The first kappa shape index (κ1) is 19.7. The van der Waals surface area contributed by atoms with Crippen LogP contribution in [0, 0.1) is 5.92 Å². The predicted octanol–water partition coefficient (Wildman–Crippen LogP) is 4.92. The molecule has 4 nitrogen and oxygen atoms in total. The number of hydrogen-bond acceptors (Lipinski definition) is 3. The fourth-order valence-corrected chi connectivity index (χ4v) is 4.28. The van der Waals surface area contributed by atoms with Crippen LogP contribution in [0.5, 0.6) is 0 Å². The molecule has 1 fully saturated rings. The average molecular weight is 370 g/mol. The topological polar surface area (TPSA) is 66.4 Å². The normalized spacial score (nSPS) is 23.2. The number of allylic oxidation sites excluding steroid dienone is 1. The molecule has 0 atom stereocenters. The molecule has 146 valence electrons. The molecule has 3 rings (SSSR count). The van der Waals surface area contributed by atoms with Gasteiger partial charge in [-0.15, -0.1) is 0 Å². The number of ketones is 1. The molecule has 1 saturated carbocycles. The molecule has 1 heterocycles. The monoisotopic (exact) mass is 369 g/mol. The first-order chi connectivity index (χ1) is 12.6. The first-order valence-corrected chi connectivity index (χ1v) is 10.1. The van der Waals surface area contributed by atoms with Gasteiger partial charge < -0.3 is 10.4 Å². The molecule has 0 saturated heterocycles. The molecule has 0 bridgehead atoms. The van der Waals surface area contributed by atoms with Crippen molar-refractivity contribution in [3.8, 4) is 0 Å². The van der Waals surface area contributed by atoms with E-state index in [1.165, 1.54) is 12.8 Å². The Hall–Kier alpha value is -2.10. The van der Waals surface area contributed by atoms with Crippen molar-refractivity contribution in [3.63, 3.8) is 0 Å². The summed E-state index contributed by atoms with van der Waals surface area (Å²) in [4.78, 5) is 24.5. The molecule has 2 N–H and O–H groups in total. The van der Waals surface area contributed by atoms with E-state index in [-0.39, 0.29) is 28.2 Å². The molecular formula is C23H31NO3. The number of carboxylic acids is 1. The molecule has 4 heteroatoms. The third-order valence-electron chi connectivity index (χ3n) is 6.78. The van der Waals surface area contributed by atoms with E-state index in [9.17, 15) is 14.7 Å². The number of nitrogens with one attached hydrogen (secondary N) is 1. The number of rotatable bonds is 3. The van der Waals surface area contributed by atoms with Crippen LogP contribution in [-0.2, 0) is 10.2 Å². The molecule has 2 aliphatic rings. The fourth-order valence-electron chi connectivity index (χ4n) is 4.28. The number of fused-ring (bicyclic) bond motifs is 1. The molecule has 0 spiro atoms. The number of aromatic carboxylic acids is 1. The zero-order chi connectivity index (χ0) is 19.8. The molecule has 1 aromatic carbocycles. The smallest absolute Gasteiger partial charge is 0.335 e. The lowest BCUT2D eigenvalue weighted by molar-refractivity contribution is -0.118. The van der Waals surface area contributed by atoms with Crippen molar-refractivity contribution in [2.75, 3.05) is 0 Å². The lowest BCUT2D eigenvalue weighted by atomic mass is 9.65. The van der Waals surface area contributed by atoms with Gasteiger partial charge in [0, 0.05) is 34.2 Å². The quantitative estimate of drug-likeness (QED) is 0.586. The minimum atomic E-state index is -0.949. The summed E-state index contributed by atoms with van der Waals surface area (Å²) in [7, 11) is 0. The third-order valence-corrected chi connectivity index (χ3v) is 6.78. The van der Waals surface area contributed by atoms with Crippen molar-refractivity contribution in [3.05, 3.63) is 41.0 Å². The van der Waals surface area contributed by atoms with Gasteiger partial charge in [0.2, 0.25) is 0 Å². The summed E-state index contributed by atoms with van der Waals surface area (Å²) in [5.41, 5.74) is 2.45. The highest BCUT2D eigenvalue weighted by Crippen LogP contribution is 2.44. The van der Waals surface area contributed by atoms with Crippen LogP contribution in [0.4, 0.5) is 0 Å². The largest absolute Gasteiger partial charge is 0.478 e. The maximum absolute atomic E-state index is 13.0. The third kappa shape index (κ3) is 3.67. The summed E-state index contributed by atoms with van der Waals surface area (Å²) < 4.78 is 0. The number of carbonyl (C=O) groups is 2. The van der Waals surface area contributed by atoms with E-state index in [0.717, 1.165) is 42.5 Å². The molecule has 27 heavy (non-hydrogen) atoms. The van der Waals surface area contributed by atoms with Crippen molar-refractivity contribution < 1.29 is 14.7 Å². The highest BCUT2D eigenvalue weighted by atomic mass is 16.4. The first-order valence-electron chi connectivity index (χ1n) is 10.1. The number of benzene rings is 1. The van der Waals surface area contributed by atoms with Crippen LogP contribution in [0.15, 0.2) is 24.3 Å². The maximum Gasteiger partial charge on any atom is 0.335 e. The van der Waals surface area contributed by atoms with Crippen LogP contribution >= 0.6 is 0 Å². The Morgan fingerprint density at radius 3 is 2.30 bits per heavy atom. The highest BCUT2D eigenvalue weighted by molar-refractivity contribution is 5.99. The second-order valence-corrected chi connectivity index (χ2v) is 9.09. The van der Waals surface area contributed by atoms with E-state index in [4.69, 9.17) is 0 Å². The van der Waals surface area contributed by atoms with Gasteiger partial charge in [0.05, 0.1) is 5.56 Å². The van der Waals surface area contributed by atoms with Crippen LogP contribution in [0.3, 0.4) is 0 Å². The van der Waals surface area contributed by atoms with E-state index in [1.807, 2.05) is 6.07 Å². The molecule has 1 aliphatic heterocycles. The van der Waals surface area contributed by atoms with Crippen molar-refractivity contribution in [2.45, 2.75) is 77.2 Å². The zero-order valence-electron chi connectivity index (χ0n) is 16.9. The van der Waals surface area contributed by atoms with Gasteiger partial charge in [0.1, 0.15) is 0 Å². The lowest BCUT2D eigenvalue weighted by Crippen LogP contribution is -2.56. The van der Waals surface area contributed by atoms with Crippen molar-refractivity contribution in [1.29, 1.82) is 0 Å². The second-order valence-electron chi connectivity index (χ2n) is 9.09. The average Bonchev–Trinajstić information content (AvgIpc) is 2.88. The van der Waals surface area contributed by atoms with Crippen molar-refractivity contribution in [1.82, 2.24) is 5.32 Å². The second kappa shape index (κ2) is 7.14. The number of hydrogen-bond donors (Lipinski definition) is 2. The summed E-state index contributed by atoms with van der Waals surface area (Å²) in [6, 6.07) is 5.27. The Balaban J connectivity index is 2.06. The summed E-state index contributed by atoms with van der Waals surface area (Å²) in [5, 5.41) is 13.0. The van der Waals surface area contributed by atoms with E-state index in [1.54, 1.807) is 18.2 Å². The van der Waals surface area contributed by atoms with Crippen LogP contribution < -0.4 is 5.32 Å². The van der Waals surface area contributed by atoms with E-state index >= 15 is 0 Å². The Morgan fingerprint density at radius 2 is 1.70 bits per heavy atom. The van der Waals surface area contributed by atoms with Gasteiger partial charge in [-0.25, -0.2) is 4.79 Å². The number of carbonyl (C=O) groups excluding carboxylic acids is 1. The summed E-state index contributed by atoms with van der Waals surface area (Å²) >= 11 is 0. The van der Waals surface area contributed by atoms with Gasteiger partial charge in [0.15, 0.2) is 5.78 Å². The van der Waals surface area contributed by atoms with Gasteiger partial charge in [-0.05, 0) is 44.4 Å². The van der Waals surface area contributed by atoms with Gasteiger partial charge in [0.25, 0.3) is 0 Å². The molecular weight excluding hydrogens is 338 g/mol. The van der Waals surface area contributed by atoms with Crippen LogP contribution in [0.2, 0.25) is 0 Å². The molecule has 0 radical (unpaired) electrons. The molecule has 0 aromatic heterocycles. The van der Waals surface area contributed by atoms with Crippen molar-refractivity contribution in [2.24, 2.45) is 5.92 Å². The van der Waals surface area contributed by atoms with Gasteiger partial charge >= 0.3 is 5.97 Å². The van der Waals surface area contributed by atoms with Crippen molar-refractivity contribution >= 4 is 17.4 Å². The van der Waals surface area contributed by atoms with E-state index in [0.29, 0.717) is 0 Å². The van der Waals surface area contributed by atoms with Crippen LogP contribution in [-0.4, -0.2) is 22.4 Å². The Bertz CT molecular complexity index is 781. The summed E-state index contributed by atoms with van der Waals surface area (Å²) in [6.07, 6.45) is 8.31. The van der Waals surface area contributed by atoms with Crippen LogP contribution in [0.1, 0.15) is 87.7 Å². The van der Waals surface area contributed by atoms with Crippen LogP contribution in [0.25, 0.3) is 5.70 Å². The van der Waals surface area contributed by atoms with Gasteiger partial charge in [-0.2, -0.15) is 0 Å². The lowest BCUT2D eigenvalue weighted by Gasteiger charge is -2.49. The molecule has 0 unspecified atom stereocenters. The Labute approximate surface area is 162 Å². The standard InChI is InChI=1S/C23H31NO3/c1-22(2)18-12-11-16(21(26)27)13-17(18)19(24-23(22,3)4)14-20(25)15-9-7-5-6-8-10-15/h11-15,24H,5-10H2,1-4H3,(H,26,27)/b19-14+. The minimum Gasteiger partial charge on any atom is -0.478 e. The SMILES string of the molecule is CC1(C)N/C(=C/C(=O)C2CCCCCC2)c2cc(C(=O)O)ccc2C1(C)C. The summed E-state index contributed by atoms with van der Waals surface area (Å²) in [5.74, 6) is -0.692. The Kier molecular flexibility index (Phi) is 5.20. The number of carboxylic acid groups (broad SMARTS) is 1. The summed E-state index contributed by atoms with van der Waals surface area (Å²) in [6.45, 7) is 8.57. The Morgan fingerprint density at radius 1 is 1.07 bits per heavy atom. The maximum atomic E-state index is 13.0. The molecule has 0 amide bonds. The van der Waals surface area contributed by atoms with Gasteiger partial charge in [-0.3, -0.25) is 4.79 Å².